The lowest BCUT2D eigenvalue weighted by molar-refractivity contribution is -0.284. The number of aliphatic hydroxyl groups is 5. The molecule has 0 radical (unpaired) electrons. The maximum absolute atomic E-state index is 12.0. The summed E-state index contributed by atoms with van der Waals surface area (Å²) in [5, 5.41) is 58.0. The van der Waals surface area contributed by atoms with E-state index in [-0.39, 0.29) is 12.0 Å². The fraction of sp³-hybridized carbons (Fsp3) is 0.652. The second-order valence-corrected chi connectivity index (χ2v) is 8.45. The normalized spacial score (nSPS) is 29.5. The van der Waals surface area contributed by atoms with E-state index in [9.17, 15) is 35.1 Å². The molecule has 33 heavy (non-hydrogen) atoms. The number of carbonyl (C=O) groups is 2. The van der Waals surface area contributed by atoms with Crippen LogP contribution in [0, 0.1) is 5.92 Å². The minimum atomic E-state index is -1.88. The lowest BCUT2D eigenvalue weighted by Gasteiger charge is -2.37. The zero-order chi connectivity index (χ0) is 25.3. The minimum Gasteiger partial charge on any atom is -0.479 e. The number of aliphatic hydroxyl groups excluding tert-OH is 5. The van der Waals surface area contributed by atoms with Crippen LogP contribution in [-0.4, -0.2) is 85.5 Å². The van der Waals surface area contributed by atoms with Gasteiger partial charge in [-0.25, -0.2) is 9.59 Å². The average Bonchev–Trinajstić information content (AvgIpc) is 2.75. The highest BCUT2D eigenvalue weighted by atomic mass is 16.7. The van der Waals surface area contributed by atoms with Gasteiger partial charge in [-0.05, 0) is 51.5 Å². The van der Waals surface area contributed by atoms with E-state index in [4.69, 9.17) is 14.6 Å². The van der Waals surface area contributed by atoms with Gasteiger partial charge in [-0.2, -0.15) is 0 Å². The highest BCUT2D eigenvalue weighted by molar-refractivity contribution is 5.82. The summed E-state index contributed by atoms with van der Waals surface area (Å²) in [6, 6.07) is 0. The molecule has 0 saturated carbocycles. The monoisotopic (exact) mass is 472 g/mol. The van der Waals surface area contributed by atoms with E-state index in [1.54, 1.807) is 19.9 Å². The van der Waals surface area contributed by atoms with Gasteiger partial charge in [0.05, 0.1) is 12.2 Å². The number of carboxylic acids is 1. The Balaban J connectivity index is 2.58. The Labute approximate surface area is 193 Å². The van der Waals surface area contributed by atoms with Crippen molar-refractivity contribution < 1.29 is 49.7 Å². The first-order valence-corrected chi connectivity index (χ1v) is 10.9. The van der Waals surface area contributed by atoms with E-state index in [1.165, 1.54) is 6.08 Å². The third-order valence-corrected chi connectivity index (χ3v) is 5.63. The fourth-order valence-corrected chi connectivity index (χ4v) is 3.01. The van der Waals surface area contributed by atoms with Gasteiger partial charge in [0.15, 0.2) is 6.10 Å². The molecule has 8 atom stereocenters. The Bertz CT molecular complexity index is 742. The molecule has 10 heteroatoms. The molecule has 0 aromatic rings. The number of carbonyl (C=O) groups excluding carboxylic acids is 1. The molecule has 1 fully saturated rings. The van der Waals surface area contributed by atoms with Gasteiger partial charge in [-0.3, -0.25) is 0 Å². The summed E-state index contributed by atoms with van der Waals surface area (Å²) in [5.74, 6) is -2.37. The van der Waals surface area contributed by atoms with Crippen LogP contribution >= 0.6 is 0 Å². The molecule has 10 nitrogen and oxygen atoms in total. The van der Waals surface area contributed by atoms with Crippen LogP contribution in [0.2, 0.25) is 0 Å². The van der Waals surface area contributed by atoms with Crippen molar-refractivity contribution in [1.82, 2.24) is 0 Å². The largest absolute Gasteiger partial charge is 0.479 e. The smallest absolute Gasteiger partial charge is 0.335 e. The zero-order valence-electron chi connectivity index (χ0n) is 19.4. The predicted octanol–water partition coefficient (Wildman–Crippen LogP) is 0.419. The molecular weight excluding hydrogens is 436 g/mol. The third kappa shape index (κ3) is 9.36. The number of rotatable bonds is 11. The SMILES string of the molecule is CC(/C=C/C(=O)OC1OC(C(=O)O)C(O)C(O)C1O)=C\CC(O)/C(C)=C/CCC(C)C(C)O. The van der Waals surface area contributed by atoms with Crippen LogP contribution in [0.1, 0.15) is 47.0 Å². The molecule has 1 aliphatic rings. The van der Waals surface area contributed by atoms with Crippen molar-refractivity contribution in [1.29, 1.82) is 0 Å². The number of ether oxygens (including phenoxy) is 2. The van der Waals surface area contributed by atoms with Crippen molar-refractivity contribution in [3.63, 3.8) is 0 Å². The Kier molecular flexibility index (Phi) is 11.9. The number of allylic oxidation sites excluding steroid dienone is 3. The summed E-state index contributed by atoms with van der Waals surface area (Å²) in [7, 11) is 0. The van der Waals surface area contributed by atoms with Crippen LogP contribution in [0.5, 0.6) is 0 Å². The Hall–Kier alpha value is -2.08. The molecule has 0 aliphatic carbocycles. The molecule has 1 aliphatic heterocycles. The van der Waals surface area contributed by atoms with E-state index in [0.717, 1.165) is 24.5 Å². The van der Waals surface area contributed by atoms with Gasteiger partial charge in [0.2, 0.25) is 6.29 Å². The van der Waals surface area contributed by atoms with Gasteiger partial charge in [-0.1, -0.05) is 30.7 Å². The summed E-state index contributed by atoms with van der Waals surface area (Å²) in [5.41, 5.74) is 1.45. The molecule has 0 spiro atoms. The number of hydrogen-bond donors (Lipinski definition) is 6. The molecule has 0 amide bonds. The van der Waals surface area contributed by atoms with Crippen molar-refractivity contribution in [3.8, 4) is 0 Å². The molecular formula is C23H36O10. The van der Waals surface area contributed by atoms with Crippen LogP contribution in [0.4, 0.5) is 0 Å². The lowest BCUT2D eigenvalue weighted by atomic mass is 9.98. The molecule has 6 N–H and O–H groups in total. The fourth-order valence-electron chi connectivity index (χ4n) is 3.01. The topological polar surface area (TPSA) is 174 Å². The van der Waals surface area contributed by atoms with E-state index >= 15 is 0 Å². The van der Waals surface area contributed by atoms with E-state index < -0.39 is 48.7 Å². The minimum absolute atomic E-state index is 0.168. The van der Waals surface area contributed by atoms with E-state index in [2.05, 4.69) is 0 Å². The highest BCUT2D eigenvalue weighted by Gasteiger charge is 2.48. The molecule has 0 bridgehead atoms. The number of carboxylic acid groups (broad SMARTS) is 1. The summed E-state index contributed by atoms with van der Waals surface area (Å²) in [6.45, 7) is 7.23. The Morgan fingerprint density at radius 1 is 1.00 bits per heavy atom. The molecule has 1 rings (SSSR count). The second-order valence-electron chi connectivity index (χ2n) is 8.45. The molecule has 8 unspecified atom stereocenters. The summed E-state index contributed by atoms with van der Waals surface area (Å²) in [6.07, 6.45) is -2.31. The molecule has 0 aromatic heterocycles. The molecule has 1 saturated heterocycles. The van der Waals surface area contributed by atoms with Crippen molar-refractivity contribution in [3.05, 3.63) is 35.5 Å². The van der Waals surface area contributed by atoms with Gasteiger partial charge in [0, 0.05) is 6.08 Å². The lowest BCUT2D eigenvalue weighted by Crippen LogP contribution is -2.60. The highest BCUT2D eigenvalue weighted by Crippen LogP contribution is 2.22. The van der Waals surface area contributed by atoms with Crippen LogP contribution in [-0.2, 0) is 19.1 Å². The van der Waals surface area contributed by atoms with Crippen LogP contribution < -0.4 is 0 Å². The maximum atomic E-state index is 12.0. The summed E-state index contributed by atoms with van der Waals surface area (Å²) >= 11 is 0. The van der Waals surface area contributed by atoms with Crippen LogP contribution in [0.15, 0.2) is 35.5 Å². The summed E-state index contributed by atoms with van der Waals surface area (Å²) < 4.78 is 9.74. The first kappa shape index (κ1) is 29.0. The average molecular weight is 473 g/mol. The third-order valence-electron chi connectivity index (χ3n) is 5.63. The van der Waals surface area contributed by atoms with E-state index in [0.29, 0.717) is 12.0 Å². The Morgan fingerprint density at radius 3 is 2.21 bits per heavy atom. The first-order valence-electron chi connectivity index (χ1n) is 10.9. The Morgan fingerprint density at radius 2 is 1.64 bits per heavy atom. The number of esters is 1. The standard InChI is InChI=1S/C23H36O10/c1-12(8-10-16(25)14(3)7-5-6-13(2)15(4)24)9-11-17(26)32-23-20(29)18(27)19(28)21(33-23)22(30)31/h7-9,11,13,15-16,18-21,23-25,27-29H,5-6,10H2,1-4H3,(H,30,31)/b11-9+,12-8+,14-7+. The predicted molar refractivity (Wildman–Crippen MR) is 118 cm³/mol. The molecule has 0 aromatic carbocycles. The van der Waals surface area contributed by atoms with Crippen molar-refractivity contribution in [2.24, 2.45) is 5.92 Å². The number of aliphatic carboxylic acids is 1. The van der Waals surface area contributed by atoms with Crippen molar-refractivity contribution in [2.75, 3.05) is 0 Å². The van der Waals surface area contributed by atoms with Crippen molar-refractivity contribution >= 4 is 11.9 Å². The van der Waals surface area contributed by atoms with Gasteiger partial charge in [-0.15, -0.1) is 0 Å². The second kappa shape index (κ2) is 13.6. The quantitative estimate of drug-likeness (QED) is 0.107. The van der Waals surface area contributed by atoms with Gasteiger partial charge >= 0.3 is 11.9 Å². The maximum Gasteiger partial charge on any atom is 0.335 e. The van der Waals surface area contributed by atoms with Gasteiger partial charge < -0.3 is 40.1 Å². The first-order chi connectivity index (χ1) is 15.3. The van der Waals surface area contributed by atoms with E-state index in [1.807, 2.05) is 19.9 Å². The van der Waals surface area contributed by atoms with Crippen molar-refractivity contribution in [2.45, 2.75) is 89.9 Å². The molecule has 1 heterocycles. The van der Waals surface area contributed by atoms with Gasteiger partial charge in [0.1, 0.15) is 18.3 Å². The summed E-state index contributed by atoms with van der Waals surface area (Å²) in [4.78, 5) is 23.1. The number of hydrogen-bond acceptors (Lipinski definition) is 9. The van der Waals surface area contributed by atoms with Crippen LogP contribution in [0.25, 0.3) is 0 Å². The van der Waals surface area contributed by atoms with Crippen LogP contribution in [0.3, 0.4) is 0 Å². The molecule has 188 valence electrons. The van der Waals surface area contributed by atoms with Gasteiger partial charge in [0.25, 0.3) is 0 Å². The zero-order valence-corrected chi connectivity index (χ0v) is 19.4.